The normalized spacial score (nSPS) is 23.7. The maximum Gasteiger partial charge on any atom is 0.416 e. The summed E-state index contributed by atoms with van der Waals surface area (Å²) in [5.74, 6) is -1.01. The van der Waals surface area contributed by atoms with E-state index in [1.54, 1.807) is 6.92 Å². The molecule has 0 unspecified atom stereocenters. The van der Waals surface area contributed by atoms with Crippen molar-refractivity contribution >= 4 is 6.09 Å². The first-order valence-electron chi connectivity index (χ1n) is 5.51. The van der Waals surface area contributed by atoms with Crippen molar-refractivity contribution in [1.82, 2.24) is 4.90 Å². The summed E-state index contributed by atoms with van der Waals surface area (Å²) in [6.07, 6.45) is -6.20. The number of likely N-dealkylation sites (N-methyl/N-ethyl adjacent to an activating group) is 1. The van der Waals surface area contributed by atoms with Crippen LogP contribution in [0.4, 0.5) is 22.4 Å². The average molecular weight is 277 g/mol. The third-order valence-electron chi connectivity index (χ3n) is 3.14. The summed E-state index contributed by atoms with van der Waals surface area (Å²) in [6.45, 7) is 1.62. The molecule has 0 radical (unpaired) electrons. The lowest BCUT2D eigenvalue weighted by molar-refractivity contribution is -0.137. The lowest BCUT2D eigenvalue weighted by Crippen LogP contribution is -2.27. The Morgan fingerprint density at radius 1 is 1.26 bits per heavy atom. The molecule has 2 atom stereocenters. The molecule has 1 aliphatic rings. The van der Waals surface area contributed by atoms with Gasteiger partial charge in [-0.15, -0.1) is 0 Å². The highest BCUT2D eigenvalue weighted by Crippen LogP contribution is 2.36. The first kappa shape index (κ1) is 13.6. The number of alkyl halides is 3. The average Bonchev–Trinajstić information content (AvgIpc) is 2.55. The molecule has 1 aromatic carbocycles. The smallest absolute Gasteiger partial charge is 0.416 e. The molecule has 7 heteroatoms. The number of cyclic esters (lactones) is 1. The van der Waals surface area contributed by atoms with Crippen molar-refractivity contribution in [3.63, 3.8) is 0 Å². The summed E-state index contributed by atoms with van der Waals surface area (Å²) in [7, 11) is 1.47. The number of hydrogen-bond acceptors (Lipinski definition) is 2. The van der Waals surface area contributed by atoms with Gasteiger partial charge in [0.05, 0.1) is 11.6 Å². The molecule has 3 nitrogen and oxygen atoms in total. The Hall–Kier alpha value is -1.79. The molecule has 0 N–H and O–H groups in total. The zero-order valence-corrected chi connectivity index (χ0v) is 10.2. The van der Waals surface area contributed by atoms with Crippen LogP contribution in [0.1, 0.15) is 24.2 Å². The first-order valence-corrected chi connectivity index (χ1v) is 5.51. The summed E-state index contributed by atoms with van der Waals surface area (Å²) < 4.78 is 56.0. The second-order valence-corrected chi connectivity index (χ2v) is 4.43. The summed E-state index contributed by atoms with van der Waals surface area (Å²) >= 11 is 0. The number of hydrogen-bond donors (Lipinski definition) is 0. The van der Waals surface area contributed by atoms with Gasteiger partial charge in [-0.1, -0.05) is 0 Å². The van der Waals surface area contributed by atoms with Crippen LogP contribution in [-0.4, -0.2) is 24.1 Å². The quantitative estimate of drug-likeness (QED) is 0.737. The van der Waals surface area contributed by atoms with E-state index in [0.29, 0.717) is 6.07 Å². The zero-order valence-electron chi connectivity index (χ0n) is 10.2. The number of carbonyl (C=O) groups is 1. The first-order chi connectivity index (χ1) is 8.70. The van der Waals surface area contributed by atoms with E-state index in [0.717, 1.165) is 12.1 Å². The number of halogens is 4. The van der Waals surface area contributed by atoms with E-state index in [1.165, 1.54) is 11.9 Å². The minimum Gasteiger partial charge on any atom is -0.439 e. The van der Waals surface area contributed by atoms with Crippen molar-refractivity contribution in [2.45, 2.75) is 25.2 Å². The van der Waals surface area contributed by atoms with Gasteiger partial charge in [-0.05, 0) is 30.7 Å². The predicted molar refractivity (Wildman–Crippen MR) is 57.8 cm³/mol. The van der Waals surface area contributed by atoms with Gasteiger partial charge in [0.1, 0.15) is 11.9 Å². The van der Waals surface area contributed by atoms with E-state index < -0.39 is 35.8 Å². The molecule has 1 amide bonds. The zero-order chi connectivity index (χ0) is 14.4. The third kappa shape index (κ3) is 2.50. The van der Waals surface area contributed by atoms with Crippen LogP contribution in [0.3, 0.4) is 0 Å². The molecule has 0 spiro atoms. The van der Waals surface area contributed by atoms with Gasteiger partial charge in [0.15, 0.2) is 0 Å². The lowest BCUT2D eigenvalue weighted by atomic mass is 10.0. The van der Waals surface area contributed by atoms with Crippen molar-refractivity contribution in [1.29, 1.82) is 0 Å². The Morgan fingerprint density at radius 3 is 2.37 bits per heavy atom. The van der Waals surface area contributed by atoms with E-state index in [2.05, 4.69) is 0 Å². The van der Waals surface area contributed by atoms with Gasteiger partial charge in [-0.3, -0.25) is 0 Å². The standard InChI is InChI=1S/C12H11F4NO2/c1-6-10(19-11(18)17(6)2)7-3-8(12(14,15)16)5-9(13)4-7/h3-6,10H,1-2H3/t6-,10-/m0/s1. The predicted octanol–water partition coefficient (Wildman–Crippen LogP) is 3.36. The molecule has 0 aromatic heterocycles. The van der Waals surface area contributed by atoms with Gasteiger partial charge in [0.25, 0.3) is 0 Å². The number of nitrogens with zero attached hydrogens (tertiary/aromatic N) is 1. The van der Waals surface area contributed by atoms with Gasteiger partial charge < -0.3 is 9.64 Å². The highest BCUT2D eigenvalue weighted by Gasteiger charge is 2.39. The minimum atomic E-state index is -4.64. The van der Waals surface area contributed by atoms with Crippen LogP contribution in [-0.2, 0) is 10.9 Å². The van der Waals surface area contributed by atoms with Crippen LogP contribution in [0.5, 0.6) is 0 Å². The maximum atomic E-state index is 13.3. The highest BCUT2D eigenvalue weighted by molar-refractivity contribution is 5.70. The monoisotopic (exact) mass is 277 g/mol. The topological polar surface area (TPSA) is 29.5 Å². The number of rotatable bonds is 1. The number of carbonyl (C=O) groups excluding carboxylic acids is 1. The maximum absolute atomic E-state index is 13.3. The fourth-order valence-electron chi connectivity index (χ4n) is 1.95. The fraction of sp³-hybridized carbons (Fsp3) is 0.417. The number of benzene rings is 1. The van der Waals surface area contributed by atoms with Crippen molar-refractivity contribution < 1.29 is 27.1 Å². The fourth-order valence-corrected chi connectivity index (χ4v) is 1.95. The largest absolute Gasteiger partial charge is 0.439 e. The summed E-state index contributed by atoms with van der Waals surface area (Å²) in [5, 5.41) is 0. The summed E-state index contributed by atoms with van der Waals surface area (Å²) in [5.41, 5.74) is -1.10. The Labute approximate surface area is 106 Å². The van der Waals surface area contributed by atoms with Gasteiger partial charge in [-0.2, -0.15) is 13.2 Å². The molecule has 0 bridgehead atoms. The van der Waals surface area contributed by atoms with Crippen LogP contribution in [0, 0.1) is 5.82 Å². The molecular weight excluding hydrogens is 266 g/mol. The number of amides is 1. The molecule has 1 fully saturated rings. The van der Waals surface area contributed by atoms with Crippen LogP contribution in [0.2, 0.25) is 0 Å². The Morgan fingerprint density at radius 2 is 1.89 bits per heavy atom. The number of ether oxygens (including phenoxy) is 1. The lowest BCUT2D eigenvalue weighted by Gasteiger charge is -2.18. The van der Waals surface area contributed by atoms with E-state index in [1.807, 2.05) is 0 Å². The van der Waals surface area contributed by atoms with E-state index in [9.17, 15) is 22.4 Å². The summed E-state index contributed by atoms with van der Waals surface area (Å²) in [4.78, 5) is 12.6. The summed E-state index contributed by atoms with van der Waals surface area (Å²) in [6, 6.07) is 1.70. The SMILES string of the molecule is C[C@H]1[C@@H](c2cc(F)cc(C(F)(F)F)c2)OC(=O)N1C. The minimum absolute atomic E-state index is 0.00229. The van der Waals surface area contributed by atoms with Crippen LogP contribution in [0.25, 0.3) is 0 Å². The van der Waals surface area contributed by atoms with E-state index in [4.69, 9.17) is 4.74 Å². The van der Waals surface area contributed by atoms with Crippen molar-refractivity contribution in [2.75, 3.05) is 7.05 Å². The Balaban J connectivity index is 2.41. The van der Waals surface area contributed by atoms with Gasteiger partial charge in [0, 0.05) is 7.05 Å². The van der Waals surface area contributed by atoms with Gasteiger partial charge in [-0.25, -0.2) is 9.18 Å². The molecule has 2 rings (SSSR count). The Kier molecular flexibility index (Phi) is 3.15. The second kappa shape index (κ2) is 4.40. The van der Waals surface area contributed by atoms with Gasteiger partial charge in [0.2, 0.25) is 0 Å². The van der Waals surface area contributed by atoms with E-state index in [-0.39, 0.29) is 5.56 Å². The molecule has 104 valence electrons. The van der Waals surface area contributed by atoms with Crippen LogP contribution >= 0.6 is 0 Å². The molecule has 19 heavy (non-hydrogen) atoms. The van der Waals surface area contributed by atoms with Crippen LogP contribution in [0.15, 0.2) is 18.2 Å². The van der Waals surface area contributed by atoms with Crippen molar-refractivity contribution in [3.05, 3.63) is 35.1 Å². The molecule has 0 saturated carbocycles. The van der Waals surface area contributed by atoms with Crippen molar-refractivity contribution in [2.24, 2.45) is 0 Å². The van der Waals surface area contributed by atoms with Crippen molar-refractivity contribution in [3.8, 4) is 0 Å². The second-order valence-electron chi connectivity index (χ2n) is 4.43. The van der Waals surface area contributed by atoms with E-state index >= 15 is 0 Å². The third-order valence-corrected chi connectivity index (χ3v) is 3.14. The Bertz CT molecular complexity index is 515. The molecule has 1 aromatic rings. The molecule has 1 saturated heterocycles. The molecule has 1 aliphatic heterocycles. The highest BCUT2D eigenvalue weighted by atomic mass is 19.4. The molecule has 0 aliphatic carbocycles. The molecule has 1 heterocycles. The van der Waals surface area contributed by atoms with Crippen LogP contribution < -0.4 is 0 Å². The van der Waals surface area contributed by atoms with Gasteiger partial charge >= 0.3 is 12.3 Å². The molecular formula is C12H11F4NO2.